The van der Waals surface area contributed by atoms with Gasteiger partial charge in [-0.3, -0.25) is 0 Å². The topological polar surface area (TPSA) is 50.9 Å². The second kappa shape index (κ2) is 5.46. The monoisotopic (exact) mass is 299 g/mol. The normalized spacial score (nSPS) is 10.3. The van der Waals surface area contributed by atoms with E-state index in [-0.39, 0.29) is 15.7 Å². The molecule has 0 saturated carbocycles. The molecule has 98 valence electrons. The number of nitrogens with one attached hydrogen (secondary N) is 1. The molecule has 0 amide bonds. The third-order valence-electron chi connectivity index (χ3n) is 2.30. The molecule has 1 aromatic heterocycles. The molecule has 0 fully saturated rings. The molecule has 0 saturated heterocycles. The second-order valence-corrected chi connectivity index (χ2v) is 4.51. The van der Waals surface area contributed by atoms with Crippen molar-refractivity contribution in [1.82, 2.24) is 4.98 Å². The van der Waals surface area contributed by atoms with E-state index in [0.29, 0.717) is 11.4 Å². The maximum atomic E-state index is 13.6. The van der Waals surface area contributed by atoms with Crippen LogP contribution in [0.2, 0.25) is 5.02 Å². The molecule has 1 heterocycles. The Balaban J connectivity index is 2.36. The number of pyridine rings is 1. The Hall–Kier alpha value is -1.79. The first kappa shape index (κ1) is 13.6. The van der Waals surface area contributed by atoms with Crippen LogP contribution in [0.4, 0.5) is 20.3 Å². The molecule has 2 aromatic rings. The molecule has 3 N–H and O–H groups in total. The summed E-state index contributed by atoms with van der Waals surface area (Å²) in [5.41, 5.74) is 6.00. The number of anilines is 2. The number of nitrogens with zero attached hydrogens (tertiary/aromatic N) is 1. The van der Waals surface area contributed by atoms with Gasteiger partial charge in [-0.15, -0.1) is 0 Å². The fourth-order valence-electron chi connectivity index (χ4n) is 1.44. The van der Waals surface area contributed by atoms with E-state index < -0.39 is 11.6 Å². The molecular formula is C12H8ClF2N3S. The largest absolute Gasteiger partial charge is 0.389 e. The number of halogens is 3. The van der Waals surface area contributed by atoms with E-state index in [0.717, 1.165) is 12.1 Å². The van der Waals surface area contributed by atoms with Gasteiger partial charge >= 0.3 is 0 Å². The molecule has 0 radical (unpaired) electrons. The van der Waals surface area contributed by atoms with Crippen LogP contribution in [0.25, 0.3) is 0 Å². The summed E-state index contributed by atoms with van der Waals surface area (Å²) in [6, 6.07) is 4.90. The van der Waals surface area contributed by atoms with Crippen molar-refractivity contribution in [2.75, 3.05) is 5.32 Å². The number of rotatable bonds is 3. The fraction of sp³-hybridized carbons (Fsp3) is 0. The summed E-state index contributed by atoms with van der Waals surface area (Å²) in [7, 11) is 0. The predicted octanol–water partition coefficient (Wildman–Crippen LogP) is 3.39. The minimum absolute atomic E-state index is 0.0596. The summed E-state index contributed by atoms with van der Waals surface area (Å²) in [6.45, 7) is 0. The van der Waals surface area contributed by atoms with Crippen LogP contribution in [0.5, 0.6) is 0 Å². The lowest BCUT2D eigenvalue weighted by Gasteiger charge is -2.09. The average Bonchev–Trinajstić information content (AvgIpc) is 2.34. The zero-order chi connectivity index (χ0) is 14.0. The highest BCUT2D eigenvalue weighted by atomic mass is 35.5. The molecule has 2 rings (SSSR count). The molecule has 7 heteroatoms. The summed E-state index contributed by atoms with van der Waals surface area (Å²) in [4.78, 5) is 4.17. The lowest BCUT2D eigenvalue weighted by atomic mass is 10.2. The average molecular weight is 300 g/mol. The van der Waals surface area contributed by atoms with Crippen LogP contribution >= 0.6 is 23.8 Å². The Morgan fingerprint density at radius 2 is 2.05 bits per heavy atom. The van der Waals surface area contributed by atoms with Crippen LogP contribution < -0.4 is 11.1 Å². The first-order valence-electron chi connectivity index (χ1n) is 5.15. The van der Waals surface area contributed by atoms with Crippen molar-refractivity contribution in [3.8, 4) is 0 Å². The molecule has 0 aliphatic heterocycles. The van der Waals surface area contributed by atoms with Crippen molar-refractivity contribution in [3.63, 3.8) is 0 Å². The van der Waals surface area contributed by atoms with Crippen LogP contribution in [0, 0.1) is 11.6 Å². The van der Waals surface area contributed by atoms with E-state index in [2.05, 4.69) is 10.3 Å². The number of thiocarbonyl (C=S) groups is 1. The van der Waals surface area contributed by atoms with Gasteiger partial charge in [-0.2, -0.15) is 0 Å². The first-order valence-corrected chi connectivity index (χ1v) is 5.93. The Morgan fingerprint density at radius 3 is 2.68 bits per heavy atom. The molecule has 0 bridgehead atoms. The van der Waals surface area contributed by atoms with E-state index >= 15 is 0 Å². The zero-order valence-electron chi connectivity index (χ0n) is 9.45. The van der Waals surface area contributed by atoms with Crippen LogP contribution in [0.15, 0.2) is 30.5 Å². The first-order chi connectivity index (χ1) is 8.97. The van der Waals surface area contributed by atoms with Gasteiger partial charge in [-0.05, 0) is 18.2 Å². The Bertz CT molecular complexity index is 626. The van der Waals surface area contributed by atoms with E-state index in [4.69, 9.17) is 29.6 Å². The number of aromatic nitrogens is 1. The van der Waals surface area contributed by atoms with Crippen molar-refractivity contribution in [1.29, 1.82) is 0 Å². The number of hydrogen-bond donors (Lipinski definition) is 2. The molecule has 0 aliphatic carbocycles. The van der Waals surface area contributed by atoms with Crippen LogP contribution in [-0.4, -0.2) is 9.97 Å². The van der Waals surface area contributed by atoms with Crippen molar-refractivity contribution >= 4 is 40.3 Å². The lowest BCUT2D eigenvalue weighted by Crippen LogP contribution is -2.10. The molecular weight excluding hydrogens is 292 g/mol. The van der Waals surface area contributed by atoms with Gasteiger partial charge in [0.05, 0.1) is 10.7 Å². The molecule has 0 spiro atoms. The number of hydrogen-bond acceptors (Lipinski definition) is 3. The highest BCUT2D eigenvalue weighted by molar-refractivity contribution is 7.80. The van der Waals surface area contributed by atoms with Crippen LogP contribution in [-0.2, 0) is 0 Å². The highest BCUT2D eigenvalue weighted by Crippen LogP contribution is 2.28. The van der Waals surface area contributed by atoms with Gasteiger partial charge in [0.1, 0.15) is 16.6 Å². The molecule has 0 atom stereocenters. The number of nitrogens with two attached hydrogens (primary N) is 1. The van der Waals surface area contributed by atoms with Gasteiger partial charge in [0.25, 0.3) is 0 Å². The Morgan fingerprint density at radius 1 is 1.32 bits per heavy atom. The summed E-state index contributed by atoms with van der Waals surface area (Å²) >= 11 is 10.6. The minimum Gasteiger partial charge on any atom is -0.389 e. The van der Waals surface area contributed by atoms with E-state index in [1.807, 2.05) is 0 Å². The van der Waals surface area contributed by atoms with Gasteiger partial charge < -0.3 is 11.1 Å². The summed E-state index contributed by atoms with van der Waals surface area (Å²) < 4.78 is 26.5. The standard InChI is InChI=1S/C12H8ClF2N3S/c13-8-4-7(14)5-9(15)11(8)18-10-3-6(12(16)19)1-2-17-10/h1-5H,(H2,16,19)(H,17,18). The molecule has 1 aromatic carbocycles. The van der Waals surface area contributed by atoms with Gasteiger partial charge in [-0.25, -0.2) is 13.8 Å². The SMILES string of the molecule is NC(=S)c1ccnc(Nc2c(F)cc(F)cc2Cl)c1. The highest BCUT2D eigenvalue weighted by Gasteiger charge is 2.11. The molecule has 3 nitrogen and oxygen atoms in total. The van der Waals surface area contributed by atoms with Gasteiger partial charge in [-0.1, -0.05) is 23.8 Å². The maximum Gasteiger partial charge on any atom is 0.151 e. The second-order valence-electron chi connectivity index (χ2n) is 3.66. The lowest BCUT2D eigenvalue weighted by molar-refractivity contribution is 0.586. The van der Waals surface area contributed by atoms with Gasteiger partial charge in [0.2, 0.25) is 0 Å². The maximum absolute atomic E-state index is 13.6. The Labute approximate surface area is 118 Å². The van der Waals surface area contributed by atoms with Crippen molar-refractivity contribution in [2.45, 2.75) is 0 Å². The third kappa shape index (κ3) is 3.15. The smallest absolute Gasteiger partial charge is 0.151 e. The number of benzene rings is 1. The van der Waals surface area contributed by atoms with E-state index in [9.17, 15) is 8.78 Å². The third-order valence-corrected chi connectivity index (χ3v) is 2.84. The van der Waals surface area contributed by atoms with E-state index in [1.54, 1.807) is 12.1 Å². The summed E-state index contributed by atoms with van der Waals surface area (Å²) in [5, 5.41) is 2.58. The van der Waals surface area contributed by atoms with Crippen LogP contribution in [0.3, 0.4) is 0 Å². The minimum atomic E-state index is -0.812. The van der Waals surface area contributed by atoms with Gasteiger partial charge in [0.15, 0.2) is 5.82 Å². The zero-order valence-corrected chi connectivity index (χ0v) is 11.0. The van der Waals surface area contributed by atoms with Crippen LogP contribution in [0.1, 0.15) is 5.56 Å². The van der Waals surface area contributed by atoms with Crippen molar-refractivity contribution in [3.05, 3.63) is 52.7 Å². The van der Waals surface area contributed by atoms with Crippen molar-refractivity contribution in [2.24, 2.45) is 5.73 Å². The quantitative estimate of drug-likeness (QED) is 0.853. The predicted molar refractivity (Wildman–Crippen MR) is 74.8 cm³/mol. The molecule has 0 unspecified atom stereocenters. The van der Waals surface area contributed by atoms with Crippen molar-refractivity contribution < 1.29 is 8.78 Å². The van der Waals surface area contributed by atoms with Gasteiger partial charge in [0, 0.05) is 17.8 Å². The molecule has 0 aliphatic rings. The fourth-order valence-corrected chi connectivity index (χ4v) is 1.81. The Kier molecular flexibility index (Phi) is 3.92. The van der Waals surface area contributed by atoms with E-state index in [1.165, 1.54) is 6.20 Å². The molecule has 19 heavy (non-hydrogen) atoms. The summed E-state index contributed by atoms with van der Waals surface area (Å²) in [5.74, 6) is -1.26. The summed E-state index contributed by atoms with van der Waals surface area (Å²) in [6.07, 6.45) is 1.46.